The van der Waals surface area contributed by atoms with Gasteiger partial charge in [-0.25, -0.2) is 13.8 Å². The van der Waals surface area contributed by atoms with Crippen LogP contribution in [0, 0.1) is 10.1 Å². The maximum absolute atomic E-state index is 13.0. The lowest BCUT2D eigenvalue weighted by molar-refractivity contribution is -0.386. The molecule has 0 fully saturated rings. The van der Waals surface area contributed by atoms with E-state index in [1.165, 1.54) is 6.92 Å². The van der Waals surface area contributed by atoms with Crippen molar-refractivity contribution in [2.24, 2.45) is 0 Å². The molecule has 0 aliphatic carbocycles. The Bertz CT molecular complexity index is 605. The van der Waals surface area contributed by atoms with E-state index in [1.54, 1.807) is 0 Å². The zero-order chi connectivity index (χ0) is 17.8. The lowest BCUT2D eigenvalue weighted by atomic mass is 10.1. The molecule has 23 heavy (non-hydrogen) atoms. The number of hydrogen-bond donors (Lipinski definition) is 0. The standard InChI is InChI=1S/C11H9F5N2O5/c1-2-22-8(19)3-5-9(10(12)13)6(18(20)21)4-7(17-5)23-11(14,15)16/h4,10H,2-3H2,1H3. The van der Waals surface area contributed by atoms with Gasteiger partial charge in [0.05, 0.1) is 29.7 Å². The Morgan fingerprint density at radius 3 is 2.48 bits per heavy atom. The van der Waals surface area contributed by atoms with E-state index >= 15 is 0 Å². The van der Waals surface area contributed by atoms with Crippen molar-refractivity contribution in [1.29, 1.82) is 0 Å². The van der Waals surface area contributed by atoms with Crippen LogP contribution in [-0.4, -0.2) is 28.8 Å². The summed E-state index contributed by atoms with van der Waals surface area (Å²) in [5.74, 6) is -2.41. The summed E-state index contributed by atoms with van der Waals surface area (Å²) in [6.45, 7) is 1.29. The van der Waals surface area contributed by atoms with E-state index in [4.69, 9.17) is 0 Å². The van der Waals surface area contributed by atoms with E-state index in [9.17, 15) is 36.9 Å². The molecule has 1 rings (SSSR count). The number of rotatable bonds is 6. The van der Waals surface area contributed by atoms with Crippen molar-refractivity contribution in [3.63, 3.8) is 0 Å². The molecule has 0 radical (unpaired) electrons. The van der Waals surface area contributed by atoms with Gasteiger partial charge in [-0.15, -0.1) is 13.2 Å². The molecule has 0 atom stereocenters. The monoisotopic (exact) mass is 344 g/mol. The number of carbonyl (C=O) groups excluding carboxylic acids is 1. The number of nitrogens with zero attached hydrogens (tertiary/aromatic N) is 2. The molecule has 0 amide bonds. The SMILES string of the molecule is CCOC(=O)Cc1nc(OC(F)(F)F)cc([N+](=O)[O-])c1C(F)F. The molecular weight excluding hydrogens is 335 g/mol. The normalized spacial score (nSPS) is 11.4. The van der Waals surface area contributed by atoms with E-state index in [1.807, 2.05) is 0 Å². The minimum atomic E-state index is -5.24. The van der Waals surface area contributed by atoms with Gasteiger partial charge in [0, 0.05) is 0 Å². The molecule has 0 saturated carbocycles. The van der Waals surface area contributed by atoms with Crippen molar-refractivity contribution < 1.29 is 41.1 Å². The van der Waals surface area contributed by atoms with Crippen molar-refractivity contribution >= 4 is 11.7 Å². The fourth-order valence-electron chi connectivity index (χ4n) is 1.61. The second kappa shape index (κ2) is 7.15. The maximum Gasteiger partial charge on any atom is 0.574 e. The average Bonchev–Trinajstić information content (AvgIpc) is 2.35. The molecule has 7 nitrogen and oxygen atoms in total. The van der Waals surface area contributed by atoms with Gasteiger partial charge >= 0.3 is 12.3 Å². The average molecular weight is 344 g/mol. The predicted molar refractivity (Wildman–Crippen MR) is 62.9 cm³/mol. The van der Waals surface area contributed by atoms with Crippen LogP contribution < -0.4 is 4.74 Å². The third kappa shape index (κ3) is 5.30. The van der Waals surface area contributed by atoms with E-state index in [2.05, 4.69) is 14.5 Å². The first-order chi connectivity index (χ1) is 10.5. The lowest BCUT2D eigenvalue weighted by Crippen LogP contribution is -2.20. The summed E-state index contributed by atoms with van der Waals surface area (Å²) in [6.07, 6.45) is -9.65. The summed E-state index contributed by atoms with van der Waals surface area (Å²) in [4.78, 5) is 23.9. The molecule has 1 heterocycles. The number of pyridine rings is 1. The highest BCUT2D eigenvalue weighted by atomic mass is 19.4. The van der Waals surface area contributed by atoms with Crippen LogP contribution >= 0.6 is 0 Å². The Morgan fingerprint density at radius 1 is 1.43 bits per heavy atom. The molecule has 0 aliphatic heterocycles. The third-order valence-electron chi connectivity index (χ3n) is 2.34. The summed E-state index contributed by atoms with van der Waals surface area (Å²) < 4.78 is 70.4. The van der Waals surface area contributed by atoms with Gasteiger partial charge in [-0.3, -0.25) is 14.9 Å². The molecule has 128 valence electrons. The van der Waals surface area contributed by atoms with Crippen LogP contribution in [0.4, 0.5) is 27.6 Å². The number of esters is 1. The van der Waals surface area contributed by atoms with Gasteiger partial charge < -0.3 is 9.47 Å². The highest BCUT2D eigenvalue weighted by molar-refractivity contribution is 5.73. The van der Waals surface area contributed by atoms with Crippen LogP contribution in [0.5, 0.6) is 5.88 Å². The number of carbonyl (C=O) groups is 1. The van der Waals surface area contributed by atoms with Gasteiger partial charge in [-0.05, 0) is 6.92 Å². The second-order valence-corrected chi connectivity index (χ2v) is 3.93. The summed E-state index contributed by atoms with van der Waals surface area (Å²) in [5, 5.41) is 10.8. The maximum atomic E-state index is 13.0. The molecule has 0 bridgehead atoms. The first-order valence-corrected chi connectivity index (χ1v) is 5.92. The van der Waals surface area contributed by atoms with E-state index in [-0.39, 0.29) is 12.7 Å². The van der Waals surface area contributed by atoms with Gasteiger partial charge in [0.2, 0.25) is 5.88 Å². The smallest absolute Gasteiger partial charge is 0.466 e. The van der Waals surface area contributed by atoms with Crippen LogP contribution in [0.25, 0.3) is 0 Å². The van der Waals surface area contributed by atoms with Gasteiger partial charge in [0.25, 0.3) is 12.1 Å². The molecule has 0 saturated heterocycles. The van der Waals surface area contributed by atoms with E-state index in [0.717, 1.165) is 0 Å². The molecule has 0 aromatic carbocycles. The molecule has 12 heteroatoms. The Labute approximate surface area is 125 Å². The molecule has 0 unspecified atom stereocenters. The highest BCUT2D eigenvalue weighted by Crippen LogP contribution is 2.35. The Morgan fingerprint density at radius 2 is 2.04 bits per heavy atom. The van der Waals surface area contributed by atoms with Crippen molar-refractivity contribution in [1.82, 2.24) is 4.98 Å². The van der Waals surface area contributed by atoms with E-state index in [0.29, 0.717) is 0 Å². The van der Waals surface area contributed by atoms with Gasteiger partial charge in [0.15, 0.2) is 0 Å². The van der Waals surface area contributed by atoms with Crippen LogP contribution in [-0.2, 0) is 16.0 Å². The number of aromatic nitrogens is 1. The summed E-state index contributed by atoms with van der Waals surface area (Å²) in [5.41, 5.74) is -3.53. The van der Waals surface area contributed by atoms with E-state index < -0.39 is 52.9 Å². The summed E-state index contributed by atoms with van der Waals surface area (Å²) in [7, 11) is 0. The second-order valence-electron chi connectivity index (χ2n) is 3.93. The van der Waals surface area contributed by atoms with Crippen molar-refractivity contribution in [3.8, 4) is 5.88 Å². The summed E-state index contributed by atoms with van der Waals surface area (Å²) >= 11 is 0. The van der Waals surface area contributed by atoms with Gasteiger partial charge in [-0.1, -0.05) is 0 Å². The first-order valence-electron chi connectivity index (χ1n) is 5.92. The van der Waals surface area contributed by atoms with Gasteiger partial charge in [-0.2, -0.15) is 0 Å². The molecule has 1 aromatic heterocycles. The largest absolute Gasteiger partial charge is 0.574 e. The van der Waals surface area contributed by atoms with Crippen LogP contribution in [0.1, 0.15) is 24.6 Å². The minimum Gasteiger partial charge on any atom is -0.466 e. The van der Waals surface area contributed by atoms with Gasteiger partial charge in [0.1, 0.15) is 5.56 Å². The Hall–Kier alpha value is -2.53. The number of ether oxygens (including phenoxy) is 2. The van der Waals surface area contributed by atoms with Crippen LogP contribution in [0.2, 0.25) is 0 Å². The lowest BCUT2D eigenvalue weighted by Gasteiger charge is -2.12. The topological polar surface area (TPSA) is 91.6 Å². The van der Waals surface area contributed by atoms with Crippen LogP contribution in [0.15, 0.2) is 6.07 Å². The zero-order valence-corrected chi connectivity index (χ0v) is 11.4. The van der Waals surface area contributed by atoms with Crippen LogP contribution in [0.3, 0.4) is 0 Å². The summed E-state index contributed by atoms with van der Waals surface area (Å²) in [6, 6.07) is 0.115. The van der Waals surface area contributed by atoms with Crippen molar-refractivity contribution in [2.45, 2.75) is 26.1 Å². The fraction of sp³-hybridized carbons (Fsp3) is 0.455. The van der Waals surface area contributed by atoms with Crippen molar-refractivity contribution in [2.75, 3.05) is 6.61 Å². The Balaban J connectivity index is 3.42. The molecular formula is C11H9F5N2O5. The number of nitro groups is 1. The minimum absolute atomic E-state index is 0.115. The number of hydrogen-bond acceptors (Lipinski definition) is 6. The fourth-order valence-corrected chi connectivity index (χ4v) is 1.61. The first kappa shape index (κ1) is 18.5. The zero-order valence-electron chi connectivity index (χ0n) is 11.4. The predicted octanol–water partition coefficient (Wildman–Crippen LogP) is 2.93. The highest BCUT2D eigenvalue weighted by Gasteiger charge is 2.35. The number of halogens is 5. The van der Waals surface area contributed by atoms with Crippen molar-refractivity contribution in [3.05, 3.63) is 27.4 Å². The Kier molecular flexibility index (Phi) is 5.76. The quantitative estimate of drug-likeness (QED) is 0.341. The molecule has 1 aromatic rings. The number of alkyl halides is 5. The third-order valence-corrected chi connectivity index (χ3v) is 2.34. The molecule has 0 aliphatic rings. The molecule has 0 spiro atoms. The molecule has 0 N–H and O–H groups in total.